The lowest BCUT2D eigenvalue weighted by Crippen LogP contribution is -2.50. The van der Waals surface area contributed by atoms with E-state index in [0.29, 0.717) is 43.6 Å². The highest BCUT2D eigenvalue weighted by atomic mass is 16.5. The molecule has 34 heavy (non-hydrogen) atoms. The second kappa shape index (κ2) is 11.5. The number of rotatable bonds is 6. The van der Waals surface area contributed by atoms with Gasteiger partial charge in [0.25, 0.3) is 0 Å². The van der Waals surface area contributed by atoms with Gasteiger partial charge in [-0.1, -0.05) is 44.2 Å². The van der Waals surface area contributed by atoms with Crippen molar-refractivity contribution in [1.82, 2.24) is 14.9 Å². The second-order valence-corrected chi connectivity index (χ2v) is 7.79. The van der Waals surface area contributed by atoms with Gasteiger partial charge in [0.05, 0.1) is 25.7 Å². The zero-order valence-electron chi connectivity index (χ0n) is 21.0. The molecule has 1 fully saturated rings. The lowest BCUT2D eigenvalue weighted by Gasteiger charge is -2.36. The number of piperazine rings is 1. The van der Waals surface area contributed by atoms with Crippen molar-refractivity contribution in [2.24, 2.45) is 0 Å². The van der Waals surface area contributed by atoms with E-state index in [0.717, 1.165) is 22.3 Å². The van der Waals surface area contributed by atoms with Crippen LogP contribution in [0.4, 0.5) is 11.8 Å². The van der Waals surface area contributed by atoms with E-state index in [9.17, 15) is 4.79 Å². The Labute approximate surface area is 201 Å². The summed E-state index contributed by atoms with van der Waals surface area (Å²) in [5.74, 6) is 2.62. The zero-order chi connectivity index (χ0) is 24.7. The van der Waals surface area contributed by atoms with Gasteiger partial charge in [-0.3, -0.25) is 4.79 Å². The largest absolute Gasteiger partial charge is 0.493 e. The molecule has 1 atom stereocenters. The van der Waals surface area contributed by atoms with Gasteiger partial charge in [0, 0.05) is 44.7 Å². The van der Waals surface area contributed by atoms with Crippen LogP contribution in [0.25, 0.3) is 10.9 Å². The number of benzene rings is 2. The van der Waals surface area contributed by atoms with Crippen LogP contribution in [0.1, 0.15) is 32.3 Å². The normalized spacial score (nSPS) is 14.2. The van der Waals surface area contributed by atoms with Gasteiger partial charge in [-0.2, -0.15) is 4.98 Å². The Bertz CT molecular complexity index is 1100. The van der Waals surface area contributed by atoms with Crippen LogP contribution in [0.3, 0.4) is 0 Å². The van der Waals surface area contributed by atoms with E-state index in [1.165, 1.54) is 0 Å². The molecule has 4 rings (SSSR count). The SMILES string of the molecule is CC.CNc1nc(N2CCN(C(=O)C(C)c3ccccc3)CC2)nc2cc(OC)c(OC)cc12. The van der Waals surface area contributed by atoms with E-state index >= 15 is 0 Å². The molecule has 0 spiro atoms. The molecule has 1 amide bonds. The third kappa shape index (κ3) is 5.16. The summed E-state index contributed by atoms with van der Waals surface area (Å²) in [5.41, 5.74) is 1.81. The van der Waals surface area contributed by atoms with Gasteiger partial charge in [0.2, 0.25) is 11.9 Å². The Morgan fingerprint density at radius 2 is 1.59 bits per heavy atom. The fraction of sp³-hybridized carbons (Fsp3) is 0.423. The second-order valence-electron chi connectivity index (χ2n) is 7.79. The van der Waals surface area contributed by atoms with E-state index < -0.39 is 0 Å². The highest BCUT2D eigenvalue weighted by Crippen LogP contribution is 2.35. The molecule has 1 aliphatic heterocycles. The molecular formula is C26H35N5O3. The number of anilines is 2. The van der Waals surface area contributed by atoms with Crippen molar-refractivity contribution >= 4 is 28.6 Å². The summed E-state index contributed by atoms with van der Waals surface area (Å²) in [6.07, 6.45) is 0. The number of amides is 1. The maximum Gasteiger partial charge on any atom is 0.229 e. The van der Waals surface area contributed by atoms with Crippen molar-refractivity contribution in [3.8, 4) is 11.5 Å². The molecule has 1 aromatic heterocycles. The van der Waals surface area contributed by atoms with E-state index in [4.69, 9.17) is 19.4 Å². The van der Waals surface area contributed by atoms with Crippen molar-refractivity contribution in [2.45, 2.75) is 26.7 Å². The van der Waals surface area contributed by atoms with Crippen molar-refractivity contribution < 1.29 is 14.3 Å². The molecule has 2 aromatic carbocycles. The lowest BCUT2D eigenvalue weighted by molar-refractivity contribution is -0.132. The third-order valence-corrected chi connectivity index (χ3v) is 5.97. The molecular weight excluding hydrogens is 430 g/mol. The maximum atomic E-state index is 13.0. The van der Waals surface area contributed by atoms with E-state index in [-0.39, 0.29) is 11.8 Å². The van der Waals surface area contributed by atoms with Crippen molar-refractivity contribution in [2.75, 3.05) is 57.7 Å². The number of hydrogen-bond acceptors (Lipinski definition) is 7. The summed E-state index contributed by atoms with van der Waals surface area (Å²) in [6, 6.07) is 13.7. The summed E-state index contributed by atoms with van der Waals surface area (Å²) in [4.78, 5) is 26.6. The highest BCUT2D eigenvalue weighted by Gasteiger charge is 2.27. The van der Waals surface area contributed by atoms with Crippen molar-refractivity contribution in [1.29, 1.82) is 0 Å². The van der Waals surface area contributed by atoms with Crippen LogP contribution >= 0.6 is 0 Å². The Morgan fingerprint density at radius 3 is 2.18 bits per heavy atom. The monoisotopic (exact) mass is 465 g/mol. The van der Waals surface area contributed by atoms with E-state index in [1.54, 1.807) is 14.2 Å². The summed E-state index contributed by atoms with van der Waals surface area (Å²) in [6.45, 7) is 8.60. The van der Waals surface area contributed by atoms with Crippen molar-refractivity contribution in [3.63, 3.8) is 0 Å². The first-order chi connectivity index (χ1) is 16.5. The predicted molar refractivity (Wildman–Crippen MR) is 137 cm³/mol. The first-order valence-electron chi connectivity index (χ1n) is 11.8. The highest BCUT2D eigenvalue weighted by molar-refractivity contribution is 5.92. The lowest BCUT2D eigenvalue weighted by atomic mass is 9.99. The van der Waals surface area contributed by atoms with Gasteiger partial charge in [-0.25, -0.2) is 4.98 Å². The molecule has 1 saturated heterocycles. The molecule has 182 valence electrons. The number of nitrogens with zero attached hydrogens (tertiary/aromatic N) is 4. The quantitative estimate of drug-likeness (QED) is 0.585. The molecule has 8 heteroatoms. The number of carbonyl (C=O) groups excluding carboxylic acids is 1. The van der Waals surface area contributed by atoms with Gasteiger partial charge in [0.15, 0.2) is 11.5 Å². The van der Waals surface area contributed by atoms with Crippen LogP contribution in [0.15, 0.2) is 42.5 Å². The topological polar surface area (TPSA) is 79.8 Å². The van der Waals surface area contributed by atoms with Crippen LogP contribution < -0.4 is 19.7 Å². The first-order valence-corrected chi connectivity index (χ1v) is 11.8. The number of ether oxygens (including phenoxy) is 2. The standard InChI is InChI=1S/C24H29N5O3.C2H6/c1-16(17-8-6-5-7-9-17)23(30)28-10-12-29(13-11-28)24-26-19-15-21(32-4)20(31-3)14-18(19)22(25-2)27-24;1-2/h5-9,14-16H,10-13H2,1-4H3,(H,25,26,27);1-2H3. The summed E-state index contributed by atoms with van der Waals surface area (Å²) in [5, 5.41) is 4.02. The number of carbonyl (C=O) groups is 1. The van der Waals surface area contributed by atoms with Gasteiger partial charge in [0.1, 0.15) is 5.82 Å². The van der Waals surface area contributed by atoms with E-state index in [1.807, 2.05) is 75.2 Å². The number of aromatic nitrogens is 2. The summed E-state index contributed by atoms with van der Waals surface area (Å²) in [7, 11) is 5.05. The molecule has 1 aliphatic rings. The number of nitrogens with one attached hydrogen (secondary N) is 1. The molecule has 0 saturated carbocycles. The summed E-state index contributed by atoms with van der Waals surface area (Å²) < 4.78 is 10.9. The minimum Gasteiger partial charge on any atom is -0.493 e. The average molecular weight is 466 g/mol. The Morgan fingerprint density at radius 1 is 0.971 bits per heavy atom. The van der Waals surface area contributed by atoms with Crippen molar-refractivity contribution in [3.05, 3.63) is 48.0 Å². The van der Waals surface area contributed by atoms with Crippen LogP contribution in [-0.2, 0) is 4.79 Å². The number of methoxy groups -OCH3 is 2. The molecule has 8 nitrogen and oxygen atoms in total. The van der Waals surface area contributed by atoms with Crippen LogP contribution in [0.2, 0.25) is 0 Å². The Kier molecular flexibility index (Phi) is 8.51. The first kappa shape index (κ1) is 25.1. The predicted octanol–water partition coefficient (Wildman–Crippen LogP) is 4.17. The molecule has 2 heterocycles. The molecule has 0 bridgehead atoms. The smallest absolute Gasteiger partial charge is 0.229 e. The Hall–Kier alpha value is -3.55. The van der Waals surface area contributed by atoms with E-state index in [2.05, 4.69) is 10.2 Å². The minimum atomic E-state index is -0.155. The molecule has 1 N–H and O–H groups in total. The molecule has 3 aromatic rings. The zero-order valence-corrected chi connectivity index (χ0v) is 21.0. The number of hydrogen-bond donors (Lipinski definition) is 1. The van der Waals surface area contributed by atoms with Gasteiger partial charge in [-0.15, -0.1) is 0 Å². The minimum absolute atomic E-state index is 0.155. The van der Waals surface area contributed by atoms with Gasteiger partial charge >= 0.3 is 0 Å². The fourth-order valence-corrected chi connectivity index (χ4v) is 4.06. The van der Waals surface area contributed by atoms with Crippen LogP contribution in [0, 0.1) is 0 Å². The van der Waals surface area contributed by atoms with Gasteiger partial charge in [-0.05, 0) is 18.6 Å². The summed E-state index contributed by atoms with van der Waals surface area (Å²) >= 11 is 0. The Balaban J connectivity index is 0.00000158. The van der Waals surface area contributed by atoms with Crippen LogP contribution in [0.5, 0.6) is 11.5 Å². The average Bonchev–Trinajstić information content (AvgIpc) is 2.92. The molecule has 0 aliphatic carbocycles. The maximum absolute atomic E-state index is 13.0. The van der Waals surface area contributed by atoms with Gasteiger partial charge < -0.3 is 24.6 Å². The fourth-order valence-electron chi connectivity index (χ4n) is 4.06. The third-order valence-electron chi connectivity index (χ3n) is 5.97. The molecule has 0 radical (unpaired) electrons. The molecule has 1 unspecified atom stereocenters. The van der Waals surface area contributed by atoms with Crippen LogP contribution in [-0.4, -0.2) is 68.2 Å². The number of fused-ring (bicyclic) bond motifs is 1.